The lowest BCUT2D eigenvalue weighted by atomic mass is 9.97. The Kier molecular flexibility index (Phi) is 7.18. The summed E-state index contributed by atoms with van der Waals surface area (Å²) in [5, 5.41) is 15.0. The number of likely N-dealkylation sites (N-methyl/N-ethyl adjacent to an activating group) is 1. The fourth-order valence-electron chi connectivity index (χ4n) is 3.50. The number of nitro benzene ring substituents is 1. The molecule has 0 bridgehead atoms. The van der Waals surface area contributed by atoms with E-state index in [9.17, 15) is 24.5 Å². The molecule has 0 N–H and O–H groups in total. The molecule has 0 radical (unpaired) electrons. The van der Waals surface area contributed by atoms with Crippen LogP contribution in [0.5, 0.6) is 0 Å². The number of nitrogens with zero attached hydrogens (tertiary/aromatic N) is 5. The number of likely N-dealkylation sites (tertiary alicyclic amines) is 1. The lowest BCUT2D eigenvalue weighted by Gasteiger charge is -2.32. The Hall–Kier alpha value is -3.76. The summed E-state index contributed by atoms with van der Waals surface area (Å²) in [5.74, 6) is -1.03. The molecule has 32 heavy (non-hydrogen) atoms. The number of aromatic nitrogens is 2. The lowest BCUT2D eigenvalue weighted by molar-refractivity contribution is -0.384. The molecule has 1 aliphatic heterocycles. The van der Waals surface area contributed by atoms with Crippen LogP contribution in [0.4, 0.5) is 5.69 Å². The average molecular weight is 443 g/mol. The summed E-state index contributed by atoms with van der Waals surface area (Å²) in [4.78, 5) is 50.3. The number of benzene rings is 1. The van der Waals surface area contributed by atoms with Gasteiger partial charge in [0.1, 0.15) is 0 Å². The van der Waals surface area contributed by atoms with Crippen molar-refractivity contribution in [3.63, 3.8) is 0 Å². The number of nitro groups is 1. The molecule has 1 saturated heterocycles. The van der Waals surface area contributed by atoms with Crippen LogP contribution < -0.4 is 0 Å². The summed E-state index contributed by atoms with van der Waals surface area (Å²) in [6, 6.07) is 7.30. The molecule has 0 atom stereocenters. The van der Waals surface area contributed by atoms with Crippen molar-refractivity contribution in [3.8, 4) is 5.69 Å². The van der Waals surface area contributed by atoms with Crippen LogP contribution in [0.3, 0.4) is 0 Å². The fraction of sp³-hybridized carbons (Fsp3) is 0.429. The van der Waals surface area contributed by atoms with E-state index >= 15 is 0 Å². The van der Waals surface area contributed by atoms with Crippen LogP contribution in [0.25, 0.3) is 5.69 Å². The summed E-state index contributed by atoms with van der Waals surface area (Å²) >= 11 is 0. The zero-order valence-electron chi connectivity index (χ0n) is 18.0. The highest BCUT2D eigenvalue weighted by molar-refractivity contribution is 5.94. The van der Waals surface area contributed by atoms with Crippen LogP contribution in [0, 0.1) is 16.0 Å². The summed E-state index contributed by atoms with van der Waals surface area (Å²) in [6.45, 7) is 2.88. The van der Waals surface area contributed by atoms with Crippen molar-refractivity contribution < 1.29 is 24.0 Å². The first-order chi connectivity index (χ1) is 15.3. The van der Waals surface area contributed by atoms with Gasteiger partial charge in [-0.05, 0) is 38.0 Å². The molecule has 170 valence electrons. The van der Waals surface area contributed by atoms with E-state index in [1.165, 1.54) is 47.0 Å². The third-order valence-electron chi connectivity index (χ3n) is 5.32. The van der Waals surface area contributed by atoms with Crippen molar-refractivity contribution in [2.24, 2.45) is 5.92 Å². The molecule has 0 unspecified atom stereocenters. The van der Waals surface area contributed by atoms with Crippen molar-refractivity contribution in [1.29, 1.82) is 0 Å². The fourth-order valence-corrected chi connectivity index (χ4v) is 3.50. The molecule has 0 saturated carbocycles. The largest absolute Gasteiger partial charge is 0.466 e. The lowest BCUT2D eigenvalue weighted by Crippen LogP contribution is -2.45. The molecule has 11 nitrogen and oxygen atoms in total. The standard InChI is InChI=1S/C21H25N5O6/c1-3-32-21(29)15-8-11-24(12-9-15)19(27)14-23(2)20(28)18-10-13-25(22-18)16-4-6-17(7-5-16)26(30)31/h4-7,10,13,15H,3,8-9,11-12,14H2,1-2H3. The maximum atomic E-state index is 12.7. The number of ether oxygens (including phenoxy) is 1. The molecule has 2 amide bonds. The van der Waals surface area contributed by atoms with Crippen molar-refractivity contribution in [2.75, 3.05) is 33.3 Å². The summed E-state index contributed by atoms with van der Waals surface area (Å²) in [5.41, 5.74) is 0.680. The van der Waals surface area contributed by atoms with E-state index in [1.54, 1.807) is 18.0 Å². The molecular formula is C21H25N5O6. The normalized spacial score (nSPS) is 14.1. The molecule has 0 aliphatic carbocycles. The summed E-state index contributed by atoms with van der Waals surface area (Å²) in [7, 11) is 1.52. The highest BCUT2D eigenvalue weighted by Crippen LogP contribution is 2.19. The number of rotatable bonds is 7. The van der Waals surface area contributed by atoms with Crippen LogP contribution in [-0.2, 0) is 14.3 Å². The first-order valence-corrected chi connectivity index (χ1v) is 10.3. The van der Waals surface area contributed by atoms with Crippen LogP contribution >= 0.6 is 0 Å². The maximum absolute atomic E-state index is 12.7. The first-order valence-electron chi connectivity index (χ1n) is 10.3. The van der Waals surface area contributed by atoms with Gasteiger partial charge in [-0.3, -0.25) is 24.5 Å². The minimum Gasteiger partial charge on any atom is -0.466 e. The third-order valence-corrected chi connectivity index (χ3v) is 5.32. The van der Waals surface area contributed by atoms with E-state index in [0.29, 0.717) is 38.2 Å². The SMILES string of the molecule is CCOC(=O)C1CCN(C(=O)CN(C)C(=O)c2ccn(-c3ccc([N+](=O)[O-])cc3)n2)CC1. The van der Waals surface area contributed by atoms with E-state index < -0.39 is 10.8 Å². The second-order valence-corrected chi connectivity index (χ2v) is 7.49. The Bertz CT molecular complexity index is 994. The van der Waals surface area contributed by atoms with Gasteiger partial charge in [-0.2, -0.15) is 5.10 Å². The molecule has 1 aliphatic rings. The summed E-state index contributed by atoms with van der Waals surface area (Å²) < 4.78 is 6.48. The van der Waals surface area contributed by atoms with Gasteiger partial charge in [0.15, 0.2) is 5.69 Å². The zero-order valence-corrected chi connectivity index (χ0v) is 18.0. The Morgan fingerprint density at radius 2 is 1.84 bits per heavy atom. The van der Waals surface area contributed by atoms with E-state index in [-0.39, 0.29) is 35.7 Å². The molecule has 1 aromatic heterocycles. The summed E-state index contributed by atoms with van der Waals surface area (Å²) in [6.07, 6.45) is 2.66. The van der Waals surface area contributed by atoms with Crippen LogP contribution in [0.1, 0.15) is 30.3 Å². The van der Waals surface area contributed by atoms with Crippen molar-refractivity contribution in [2.45, 2.75) is 19.8 Å². The van der Waals surface area contributed by atoms with Crippen LogP contribution in [-0.4, -0.2) is 75.6 Å². The van der Waals surface area contributed by atoms with E-state index in [1.807, 2.05) is 0 Å². The predicted octanol–water partition coefficient (Wildman–Crippen LogP) is 1.65. The molecule has 2 aromatic rings. The zero-order chi connectivity index (χ0) is 23.3. The molecule has 0 spiro atoms. The molecule has 1 aromatic carbocycles. The predicted molar refractivity (Wildman–Crippen MR) is 113 cm³/mol. The molecule has 1 fully saturated rings. The minimum absolute atomic E-state index is 0.0401. The third kappa shape index (κ3) is 5.29. The maximum Gasteiger partial charge on any atom is 0.309 e. The van der Waals surface area contributed by atoms with Crippen LogP contribution in [0.2, 0.25) is 0 Å². The average Bonchev–Trinajstić information content (AvgIpc) is 3.29. The molecule has 3 rings (SSSR count). The van der Waals surface area contributed by atoms with Crippen LogP contribution in [0.15, 0.2) is 36.5 Å². The van der Waals surface area contributed by atoms with E-state index in [2.05, 4.69) is 5.10 Å². The van der Waals surface area contributed by atoms with Gasteiger partial charge in [-0.1, -0.05) is 0 Å². The number of hydrogen-bond donors (Lipinski definition) is 0. The van der Waals surface area contributed by atoms with E-state index in [0.717, 1.165) is 0 Å². The number of esters is 1. The van der Waals surface area contributed by atoms with E-state index in [4.69, 9.17) is 4.74 Å². The Morgan fingerprint density at radius 1 is 1.19 bits per heavy atom. The number of piperidine rings is 1. The first kappa shape index (κ1) is 22.9. The van der Waals surface area contributed by atoms with Gasteiger partial charge in [0.25, 0.3) is 11.6 Å². The van der Waals surface area contributed by atoms with Gasteiger partial charge in [-0.15, -0.1) is 0 Å². The van der Waals surface area contributed by atoms with Gasteiger partial charge < -0.3 is 14.5 Å². The van der Waals surface area contributed by atoms with Crippen molar-refractivity contribution in [1.82, 2.24) is 19.6 Å². The molecule has 2 heterocycles. The molecule has 11 heteroatoms. The van der Waals surface area contributed by atoms with Gasteiger partial charge in [0, 0.05) is 38.5 Å². The second kappa shape index (κ2) is 10.0. The molecular weight excluding hydrogens is 418 g/mol. The van der Waals surface area contributed by atoms with Crippen molar-refractivity contribution in [3.05, 3.63) is 52.3 Å². The highest BCUT2D eigenvalue weighted by Gasteiger charge is 2.29. The monoisotopic (exact) mass is 443 g/mol. The Balaban J connectivity index is 1.55. The highest BCUT2D eigenvalue weighted by atomic mass is 16.6. The van der Waals surface area contributed by atoms with Gasteiger partial charge in [-0.25, -0.2) is 4.68 Å². The number of hydrogen-bond acceptors (Lipinski definition) is 7. The number of carbonyl (C=O) groups excluding carboxylic acids is 3. The van der Waals surface area contributed by atoms with Crippen molar-refractivity contribution >= 4 is 23.5 Å². The minimum atomic E-state index is -0.493. The number of non-ortho nitro benzene ring substituents is 1. The van der Waals surface area contributed by atoms with Gasteiger partial charge in [0.05, 0.1) is 29.7 Å². The Labute approximate surface area is 184 Å². The second-order valence-electron chi connectivity index (χ2n) is 7.49. The quantitative estimate of drug-likeness (QED) is 0.362. The topological polar surface area (TPSA) is 128 Å². The number of carbonyl (C=O) groups is 3. The smallest absolute Gasteiger partial charge is 0.309 e. The van der Waals surface area contributed by atoms with Gasteiger partial charge >= 0.3 is 5.97 Å². The Morgan fingerprint density at radius 3 is 2.44 bits per heavy atom. The number of amides is 2. The van der Waals surface area contributed by atoms with Gasteiger partial charge in [0.2, 0.25) is 5.91 Å².